The molecule has 0 amide bonds. The van der Waals surface area contributed by atoms with Crippen LogP contribution in [0.3, 0.4) is 0 Å². The van der Waals surface area contributed by atoms with E-state index in [1.54, 1.807) is 18.5 Å². The van der Waals surface area contributed by atoms with Crippen LogP contribution in [0.4, 0.5) is 0 Å². The lowest BCUT2D eigenvalue weighted by Gasteiger charge is -2.24. The molecule has 0 N–H and O–H groups in total. The van der Waals surface area contributed by atoms with Gasteiger partial charge in [0.05, 0.1) is 6.07 Å². The minimum absolute atomic E-state index is 0.185. The molecule has 0 radical (unpaired) electrons. The third-order valence-electron chi connectivity index (χ3n) is 2.74. The van der Waals surface area contributed by atoms with Gasteiger partial charge in [-0.1, -0.05) is 0 Å². The van der Waals surface area contributed by atoms with Gasteiger partial charge in [0.15, 0.2) is 0 Å². The van der Waals surface area contributed by atoms with E-state index in [1.165, 1.54) is 0 Å². The number of ether oxygens (including phenoxy) is 1. The molecule has 4 heteroatoms. The summed E-state index contributed by atoms with van der Waals surface area (Å²) in [6, 6.07) is 4.07. The second-order valence-corrected chi connectivity index (χ2v) is 3.66. The van der Waals surface area contributed by atoms with E-state index in [-0.39, 0.29) is 5.92 Å². The van der Waals surface area contributed by atoms with Crippen molar-refractivity contribution in [1.82, 2.24) is 9.97 Å². The molecule has 0 aromatic carbocycles. The summed E-state index contributed by atoms with van der Waals surface area (Å²) < 4.78 is 5.28. The van der Waals surface area contributed by atoms with Gasteiger partial charge >= 0.3 is 0 Å². The summed E-state index contributed by atoms with van der Waals surface area (Å²) in [7, 11) is 0. The summed E-state index contributed by atoms with van der Waals surface area (Å²) in [5.41, 5.74) is 0. The topological polar surface area (TPSA) is 58.8 Å². The molecule has 2 heterocycles. The Morgan fingerprint density at radius 3 is 2.60 bits per heavy atom. The van der Waals surface area contributed by atoms with Crippen LogP contribution >= 0.6 is 0 Å². The van der Waals surface area contributed by atoms with Crippen LogP contribution in [0.1, 0.15) is 24.6 Å². The van der Waals surface area contributed by atoms with Crippen LogP contribution in [0.15, 0.2) is 18.5 Å². The molecule has 78 valence electrons. The number of hydrogen-bond acceptors (Lipinski definition) is 4. The highest BCUT2D eigenvalue weighted by Crippen LogP contribution is 2.29. The van der Waals surface area contributed by atoms with Crippen LogP contribution < -0.4 is 0 Å². The van der Waals surface area contributed by atoms with Gasteiger partial charge in [-0.25, -0.2) is 9.97 Å². The Bertz CT molecular complexity index is 341. The minimum Gasteiger partial charge on any atom is -0.381 e. The molecule has 0 saturated carbocycles. The maximum Gasteiger partial charge on any atom is 0.145 e. The fourth-order valence-electron chi connectivity index (χ4n) is 1.89. The second kappa shape index (κ2) is 4.85. The molecule has 2 rings (SSSR count). The van der Waals surface area contributed by atoms with Gasteiger partial charge in [0.1, 0.15) is 11.7 Å². The van der Waals surface area contributed by atoms with Crippen LogP contribution in [-0.2, 0) is 4.74 Å². The van der Waals surface area contributed by atoms with Gasteiger partial charge in [-0.05, 0) is 24.8 Å². The summed E-state index contributed by atoms with van der Waals surface area (Å²) in [5, 5.41) is 9.16. The quantitative estimate of drug-likeness (QED) is 0.731. The van der Waals surface area contributed by atoms with E-state index in [2.05, 4.69) is 16.0 Å². The highest BCUT2D eigenvalue weighted by molar-refractivity contribution is 5.10. The van der Waals surface area contributed by atoms with E-state index >= 15 is 0 Å². The minimum atomic E-state index is -0.185. The number of hydrogen-bond donors (Lipinski definition) is 0. The van der Waals surface area contributed by atoms with Crippen molar-refractivity contribution in [3.8, 4) is 6.07 Å². The molecule has 1 aromatic rings. The molecule has 4 nitrogen and oxygen atoms in total. The maximum absolute atomic E-state index is 9.16. The molecule has 1 saturated heterocycles. The highest BCUT2D eigenvalue weighted by Gasteiger charge is 2.27. The van der Waals surface area contributed by atoms with Gasteiger partial charge in [0.25, 0.3) is 0 Å². The van der Waals surface area contributed by atoms with Gasteiger partial charge in [-0.15, -0.1) is 0 Å². The number of rotatable bonds is 2. The molecule has 0 spiro atoms. The first-order valence-corrected chi connectivity index (χ1v) is 5.16. The molecule has 0 aliphatic carbocycles. The van der Waals surface area contributed by atoms with Gasteiger partial charge in [-0.2, -0.15) is 5.26 Å². The lowest BCUT2D eigenvalue weighted by Crippen LogP contribution is -2.22. The smallest absolute Gasteiger partial charge is 0.145 e. The molecular formula is C11H13N3O. The Kier molecular flexibility index (Phi) is 3.25. The summed E-state index contributed by atoms with van der Waals surface area (Å²) in [6.07, 6.45) is 5.23. The zero-order valence-corrected chi connectivity index (χ0v) is 8.47. The Labute approximate surface area is 88.9 Å². The van der Waals surface area contributed by atoms with Gasteiger partial charge in [0.2, 0.25) is 0 Å². The van der Waals surface area contributed by atoms with E-state index in [4.69, 9.17) is 10.00 Å². The van der Waals surface area contributed by atoms with E-state index in [0.717, 1.165) is 26.1 Å². The van der Waals surface area contributed by atoms with E-state index in [9.17, 15) is 0 Å². The van der Waals surface area contributed by atoms with Gasteiger partial charge in [-0.3, -0.25) is 0 Å². The fourth-order valence-corrected chi connectivity index (χ4v) is 1.89. The van der Waals surface area contributed by atoms with Gasteiger partial charge < -0.3 is 4.74 Å². The highest BCUT2D eigenvalue weighted by atomic mass is 16.5. The first kappa shape index (κ1) is 10.1. The Morgan fingerprint density at radius 1 is 1.33 bits per heavy atom. The molecular weight excluding hydrogens is 190 g/mol. The van der Waals surface area contributed by atoms with Crippen molar-refractivity contribution in [2.24, 2.45) is 5.92 Å². The standard InChI is InChI=1S/C11H13N3O/c12-8-10(9-2-6-15-7-3-9)11-13-4-1-5-14-11/h1,4-5,9-10H,2-3,6-7H2. The van der Waals surface area contributed by atoms with Crippen molar-refractivity contribution in [2.45, 2.75) is 18.8 Å². The van der Waals surface area contributed by atoms with Crippen LogP contribution in [-0.4, -0.2) is 23.2 Å². The number of aromatic nitrogens is 2. The van der Waals surface area contributed by atoms with E-state index < -0.39 is 0 Å². The molecule has 15 heavy (non-hydrogen) atoms. The SMILES string of the molecule is N#CC(c1ncccn1)C1CCOCC1. The average molecular weight is 203 g/mol. The molecule has 1 aromatic heterocycles. The summed E-state index contributed by atoms with van der Waals surface area (Å²) in [4.78, 5) is 8.30. The monoisotopic (exact) mass is 203 g/mol. The van der Waals surface area contributed by atoms with Crippen LogP contribution in [0.25, 0.3) is 0 Å². The molecule has 1 unspecified atom stereocenters. The van der Waals surface area contributed by atoms with E-state index in [1.807, 2.05) is 0 Å². The lowest BCUT2D eigenvalue weighted by atomic mass is 9.86. The predicted octanol–water partition coefficient (Wildman–Crippen LogP) is 1.51. The van der Waals surface area contributed by atoms with Crippen molar-refractivity contribution < 1.29 is 4.74 Å². The van der Waals surface area contributed by atoms with Crippen molar-refractivity contribution in [3.63, 3.8) is 0 Å². The lowest BCUT2D eigenvalue weighted by molar-refractivity contribution is 0.0622. The fraction of sp³-hybridized carbons (Fsp3) is 0.545. The third-order valence-corrected chi connectivity index (χ3v) is 2.74. The summed E-state index contributed by atoms with van der Waals surface area (Å²) in [5.74, 6) is 0.799. The third kappa shape index (κ3) is 2.31. The predicted molar refractivity (Wildman–Crippen MR) is 53.9 cm³/mol. The van der Waals surface area contributed by atoms with Crippen molar-refractivity contribution in [2.75, 3.05) is 13.2 Å². The number of nitriles is 1. The summed E-state index contributed by atoms with van der Waals surface area (Å²) >= 11 is 0. The Balaban J connectivity index is 2.14. The molecule has 1 atom stereocenters. The Morgan fingerprint density at radius 2 is 2.00 bits per heavy atom. The Hall–Kier alpha value is -1.47. The summed E-state index contributed by atoms with van der Waals surface area (Å²) in [6.45, 7) is 1.49. The van der Waals surface area contributed by atoms with Crippen molar-refractivity contribution >= 4 is 0 Å². The van der Waals surface area contributed by atoms with Crippen molar-refractivity contribution in [3.05, 3.63) is 24.3 Å². The maximum atomic E-state index is 9.16. The van der Waals surface area contributed by atoms with Crippen LogP contribution in [0.2, 0.25) is 0 Å². The molecule has 1 fully saturated rings. The second-order valence-electron chi connectivity index (χ2n) is 3.66. The largest absolute Gasteiger partial charge is 0.381 e. The molecule has 1 aliphatic rings. The first-order chi connectivity index (χ1) is 7.42. The molecule has 0 bridgehead atoms. The molecule has 1 aliphatic heterocycles. The zero-order valence-electron chi connectivity index (χ0n) is 8.47. The van der Waals surface area contributed by atoms with Gasteiger partial charge in [0, 0.05) is 25.6 Å². The zero-order chi connectivity index (χ0) is 10.5. The van der Waals surface area contributed by atoms with E-state index in [0.29, 0.717) is 11.7 Å². The first-order valence-electron chi connectivity index (χ1n) is 5.16. The van der Waals surface area contributed by atoms with Crippen LogP contribution in [0, 0.1) is 17.2 Å². The van der Waals surface area contributed by atoms with Crippen molar-refractivity contribution in [1.29, 1.82) is 5.26 Å². The number of nitrogens with zero attached hydrogens (tertiary/aromatic N) is 3. The average Bonchev–Trinajstić information content (AvgIpc) is 2.33. The normalized spacial score (nSPS) is 19.4. The van der Waals surface area contributed by atoms with Crippen LogP contribution in [0.5, 0.6) is 0 Å².